The molecule has 2 aromatic rings. The first kappa shape index (κ1) is 22.2. The number of carbonyl (C=O) groups excluding carboxylic acids is 1. The minimum Gasteiger partial charge on any atom is -0.369 e. The van der Waals surface area contributed by atoms with Gasteiger partial charge in [-0.1, -0.05) is 6.07 Å². The first-order chi connectivity index (χ1) is 15.4. The van der Waals surface area contributed by atoms with Crippen LogP contribution in [0, 0.1) is 5.92 Å². The van der Waals surface area contributed by atoms with Gasteiger partial charge in [0.2, 0.25) is 0 Å². The van der Waals surface area contributed by atoms with E-state index in [-0.39, 0.29) is 19.0 Å². The third kappa shape index (κ3) is 4.73. The maximum atomic E-state index is 13.3. The summed E-state index contributed by atoms with van der Waals surface area (Å²) in [6.45, 7) is 4.37. The summed E-state index contributed by atoms with van der Waals surface area (Å²) in [7, 11) is 0. The summed E-state index contributed by atoms with van der Waals surface area (Å²) in [6.07, 6.45) is -1.30. The smallest absolute Gasteiger partial charge is 0.369 e. The Hall–Kier alpha value is -3.04. The summed E-state index contributed by atoms with van der Waals surface area (Å²) in [5.74, 6) is -0.0147. The van der Waals surface area contributed by atoms with Gasteiger partial charge in [0, 0.05) is 38.9 Å². The molecule has 10 heteroatoms. The van der Waals surface area contributed by atoms with Crippen molar-refractivity contribution in [2.24, 2.45) is 5.92 Å². The number of alkyl halides is 3. The molecule has 2 aliphatic rings. The van der Waals surface area contributed by atoms with Crippen molar-refractivity contribution in [3.05, 3.63) is 36.5 Å². The number of urea groups is 1. The van der Waals surface area contributed by atoms with Crippen LogP contribution < -0.4 is 20.0 Å². The molecule has 2 aromatic heterocycles. The van der Waals surface area contributed by atoms with Gasteiger partial charge in [0.1, 0.15) is 11.6 Å². The molecule has 0 aliphatic carbocycles. The van der Waals surface area contributed by atoms with Gasteiger partial charge in [-0.05, 0) is 50.5 Å². The van der Waals surface area contributed by atoms with Gasteiger partial charge >= 0.3 is 12.2 Å². The van der Waals surface area contributed by atoms with Crippen molar-refractivity contribution in [1.29, 1.82) is 0 Å². The fourth-order valence-corrected chi connectivity index (χ4v) is 4.29. The van der Waals surface area contributed by atoms with Crippen LogP contribution in [0.4, 0.5) is 41.1 Å². The number of halogens is 3. The standard InChI is InChI=1S/C22H27F3N6O/c1-2-29-13-6-14-31(21(32)27-18-8-3-4-11-26-18)20-17(29)9-10-19(28-20)30-12-5-7-16(15-30)22(23,24)25/h3-4,8-11,16H,2,5-7,12-15H2,1H3,(H,26,27,32). The third-order valence-corrected chi connectivity index (χ3v) is 5.98. The molecule has 1 N–H and O–H groups in total. The Morgan fingerprint density at radius 1 is 1.16 bits per heavy atom. The highest BCUT2D eigenvalue weighted by Gasteiger charge is 2.42. The molecule has 0 bridgehead atoms. The number of nitrogens with zero attached hydrogens (tertiary/aromatic N) is 5. The van der Waals surface area contributed by atoms with Crippen molar-refractivity contribution >= 4 is 29.2 Å². The molecule has 1 atom stereocenters. The summed E-state index contributed by atoms with van der Waals surface area (Å²) < 4.78 is 39.9. The Labute approximate surface area is 185 Å². The first-order valence-electron chi connectivity index (χ1n) is 10.9. The molecule has 1 saturated heterocycles. The van der Waals surface area contributed by atoms with Gasteiger partial charge in [-0.15, -0.1) is 0 Å². The molecular weight excluding hydrogens is 421 g/mol. The number of anilines is 4. The van der Waals surface area contributed by atoms with Crippen molar-refractivity contribution in [1.82, 2.24) is 9.97 Å². The van der Waals surface area contributed by atoms with E-state index in [0.717, 1.165) is 25.2 Å². The van der Waals surface area contributed by atoms with Gasteiger partial charge in [-0.25, -0.2) is 14.8 Å². The van der Waals surface area contributed by atoms with E-state index in [0.29, 0.717) is 37.0 Å². The van der Waals surface area contributed by atoms with E-state index in [2.05, 4.69) is 15.2 Å². The number of nitrogens with one attached hydrogen (secondary N) is 1. The number of piperidine rings is 1. The number of amides is 2. The topological polar surface area (TPSA) is 64.6 Å². The molecule has 1 unspecified atom stereocenters. The van der Waals surface area contributed by atoms with Gasteiger partial charge in [-0.2, -0.15) is 13.2 Å². The van der Waals surface area contributed by atoms with Crippen LogP contribution in [-0.2, 0) is 0 Å². The molecule has 7 nitrogen and oxygen atoms in total. The van der Waals surface area contributed by atoms with E-state index in [9.17, 15) is 18.0 Å². The summed E-state index contributed by atoms with van der Waals surface area (Å²) in [5, 5.41) is 2.79. The van der Waals surface area contributed by atoms with Crippen LogP contribution in [0.25, 0.3) is 0 Å². The number of rotatable bonds is 3. The maximum Gasteiger partial charge on any atom is 0.393 e. The first-order valence-corrected chi connectivity index (χ1v) is 10.9. The zero-order valence-electron chi connectivity index (χ0n) is 18.0. The molecule has 0 radical (unpaired) electrons. The van der Waals surface area contributed by atoms with Crippen LogP contribution >= 0.6 is 0 Å². The fraction of sp³-hybridized carbons (Fsp3) is 0.500. The summed E-state index contributed by atoms with van der Waals surface area (Å²) >= 11 is 0. The number of hydrogen-bond donors (Lipinski definition) is 1. The van der Waals surface area contributed by atoms with Crippen molar-refractivity contribution in [2.75, 3.05) is 52.7 Å². The lowest BCUT2D eigenvalue weighted by Gasteiger charge is -2.35. The third-order valence-electron chi connectivity index (χ3n) is 5.98. The number of aromatic nitrogens is 2. The van der Waals surface area contributed by atoms with Crippen molar-refractivity contribution in [2.45, 2.75) is 32.4 Å². The average Bonchev–Trinajstić information content (AvgIpc) is 2.98. The van der Waals surface area contributed by atoms with Gasteiger partial charge in [-0.3, -0.25) is 10.2 Å². The van der Waals surface area contributed by atoms with E-state index < -0.39 is 12.1 Å². The second-order valence-corrected chi connectivity index (χ2v) is 8.07. The predicted octanol–water partition coefficient (Wildman–Crippen LogP) is 4.52. The van der Waals surface area contributed by atoms with E-state index in [1.54, 1.807) is 40.3 Å². The molecule has 0 aromatic carbocycles. The van der Waals surface area contributed by atoms with Crippen LogP contribution in [0.2, 0.25) is 0 Å². The quantitative estimate of drug-likeness (QED) is 0.748. The van der Waals surface area contributed by atoms with Gasteiger partial charge in [0.15, 0.2) is 5.82 Å². The monoisotopic (exact) mass is 448 g/mol. The van der Waals surface area contributed by atoms with E-state index >= 15 is 0 Å². The SMILES string of the molecule is CCN1CCCN(C(=O)Nc2ccccn2)c2nc(N3CCCC(C(F)(F)F)C3)ccc21. The molecule has 172 valence electrons. The molecule has 2 amide bonds. The Kier molecular flexibility index (Phi) is 6.38. The molecule has 4 rings (SSSR count). The van der Waals surface area contributed by atoms with Gasteiger partial charge < -0.3 is 9.80 Å². The van der Waals surface area contributed by atoms with Crippen molar-refractivity contribution in [3.8, 4) is 0 Å². The molecule has 4 heterocycles. The number of hydrogen-bond acceptors (Lipinski definition) is 5. The number of carbonyl (C=O) groups is 1. The minimum absolute atomic E-state index is 0.118. The van der Waals surface area contributed by atoms with Crippen LogP contribution in [-0.4, -0.2) is 54.9 Å². The van der Waals surface area contributed by atoms with E-state index in [4.69, 9.17) is 4.98 Å². The predicted molar refractivity (Wildman–Crippen MR) is 118 cm³/mol. The Bertz CT molecular complexity index is 939. The lowest BCUT2D eigenvalue weighted by atomic mass is 9.97. The minimum atomic E-state index is -4.22. The van der Waals surface area contributed by atoms with E-state index in [1.807, 2.05) is 13.0 Å². The van der Waals surface area contributed by atoms with Crippen molar-refractivity contribution < 1.29 is 18.0 Å². The zero-order valence-corrected chi connectivity index (χ0v) is 18.0. The fourth-order valence-electron chi connectivity index (χ4n) is 4.29. The highest BCUT2D eigenvalue weighted by Crippen LogP contribution is 2.37. The highest BCUT2D eigenvalue weighted by molar-refractivity contribution is 6.02. The molecular formula is C22H27F3N6O. The second-order valence-electron chi connectivity index (χ2n) is 8.07. The molecule has 1 fully saturated rings. The zero-order chi connectivity index (χ0) is 22.7. The van der Waals surface area contributed by atoms with Gasteiger partial charge in [0.25, 0.3) is 0 Å². The normalized spacial score (nSPS) is 19.4. The van der Waals surface area contributed by atoms with Crippen LogP contribution in [0.3, 0.4) is 0 Å². The van der Waals surface area contributed by atoms with E-state index in [1.165, 1.54) is 0 Å². The molecule has 0 spiro atoms. The molecule has 2 aliphatic heterocycles. The highest BCUT2D eigenvalue weighted by atomic mass is 19.4. The summed E-state index contributed by atoms with van der Waals surface area (Å²) in [4.78, 5) is 27.3. The average molecular weight is 448 g/mol. The van der Waals surface area contributed by atoms with Crippen LogP contribution in [0.5, 0.6) is 0 Å². The largest absolute Gasteiger partial charge is 0.393 e. The Balaban J connectivity index is 1.65. The lowest BCUT2D eigenvalue weighted by molar-refractivity contribution is -0.176. The number of pyridine rings is 2. The van der Waals surface area contributed by atoms with Crippen molar-refractivity contribution in [3.63, 3.8) is 0 Å². The van der Waals surface area contributed by atoms with Crippen LogP contribution in [0.15, 0.2) is 36.5 Å². The Morgan fingerprint density at radius 2 is 2.00 bits per heavy atom. The molecule has 32 heavy (non-hydrogen) atoms. The summed E-state index contributed by atoms with van der Waals surface area (Å²) in [6, 6.07) is 8.51. The van der Waals surface area contributed by atoms with Crippen LogP contribution in [0.1, 0.15) is 26.2 Å². The maximum absolute atomic E-state index is 13.3. The summed E-state index contributed by atoms with van der Waals surface area (Å²) in [5.41, 5.74) is 0.800. The van der Waals surface area contributed by atoms with Gasteiger partial charge in [0.05, 0.1) is 11.6 Å². The number of fused-ring (bicyclic) bond motifs is 1. The second kappa shape index (κ2) is 9.22. The lowest BCUT2D eigenvalue weighted by Crippen LogP contribution is -2.42. The molecule has 0 saturated carbocycles. The Morgan fingerprint density at radius 3 is 2.72 bits per heavy atom.